The van der Waals surface area contributed by atoms with Crippen LogP contribution >= 0.6 is 0 Å². The Hall–Kier alpha value is -1.42. The van der Waals surface area contributed by atoms with Crippen LogP contribution < -0.4 is 5.32 Å². The largest absolute Gasteiger partial charge is 0.481 e. The smallest absolute Gasteiger partial charge is 0.311 e. The Labute approximate surface area is 94.7 Å². The molecule has 1 aliphatic rings. The molecule has 1 aromatic heterocycles. The van der Waals surface area contributed by atoms with Gasteiger partial charge in [0.1, 0.15) is 0 Å². The summed E-state index contributed by atoms with van der Waals surface area (Å²) in [5.41, 5.74) is 0.310. The first-order valence-electron chi connectivity index (χ1n) is 5.51. The van der Waals surface area contributed by atoms with E-state index in [1.807, 2.05) is 12.1 Å². The number of aromatic nitrogens is 1. The maximum atomic E-state index is 11.4. The average molecular weight is 220 g/mol. The maximum Gasteiger partial charge on any atom is 0.311 e. The SMILES string of the molecule is CNC(c1cccnc1)C1(C(=O)O)CCC1. The molecule has 2 N–H and O–H groups in total. The Balaban J connectivity index is 2.32. The predicted molar refractivity (Wildman–Crippen MR) is 60.0 cm³/mol. The zero-order valence-electron chi connectivity index (χ0n) is 9.31. The normalized spacial score (nSPS) is 19.8. The summed E-state index contributed by atoms with van der Waals surface area (Å²) >= 11 is 0. The molecule has 0 aliphatic heterocycles. The fourth-order valence-electron chi connectivity index (χ4n) is 2.49. The summed E-state index contributed by atoms with van der Waals surface area (Å²) in [5, 5.41) is 12.5. The molecule has 1 aliphatic carbocycles. The Morgan fingerprint density at radius 2 is 2.38 bits per heavy atom. The second-order valence-electron chi connectivity index (χ2n) is 4.32. The van der Waals surface area contributed by atoms with E-state index in [-0.39, 0.29) is 6.04 Å². The third-order valence-corrected chi connectivity index (χ3v) is 3.53. The summed E-state index contributed by atoms with van der Waals surface area (Å²) in [4.78, 5) is 15.5. The third kappa shape index (κ3) is 1.59. The van der Waals surface area contributed by atoms with Crippen LogP contribution in [0.3, 0.4) is 0 Å². The first kappa shape index (κ1) is 11.1. The van der Waals surface area contributed by atoms with Crippen molar-refractivity contribution in [2.24, 2.45) is 5.41 Å². The molecule has 0 aromatic carbocycles. The van der Waals surface area contributed by atoms with E-state index in [1.165, 1.54) is 0 Å². The van der Waals surface area contributed by atoms with Crippen molar-refractivity contribution in [1.29, 1.82) is 0 Å². The maximum absolute atomic E-state index is 11.4. The van der Waals surface area contributed by atoms with E-state index in [9.17, 15) is 9.90 Å². The van der Waals surface area contributed by atoms with E-state index in [4.69, 9.17) is 0 Å². The number of aliphatic carboxylic acids is 1. The molecule has 86 valence electrons. The number of hydrogen-bond acceptors (Lipinski definition) is 3. The third-order valence-electron chi connectivity index (χ3n) is 3.53. The summed E-state index contributed by atoms with van der Waals surface area (Å²) in [6.07, 6.45) is 5.91. The van der Waals surface area contributed by atoms with Gasteiger partial charge in [0.15, 0.2) is 0 Å². The van der Waals surface area contributed by atoms with E-state index in [0.29, 0.717) is 0 Å². The van der Waals surface area contributed by atoms with Crippen molar-refractivity contribution < 1.29 is 9.90 Å². The van der Waals surface area contributed by atoms with Gasteiger partial charge in [-0.15, -0.1) is 0 Å². The molecular formula is C12H16N2O2. The van der Waals surface area contributed by atoms with Crippen LogP contribution in [0.1, 0.15) is 30.9 Å². The monoisotopic (exact) mass is 220 g/mol. The lowest BCUT2D eigenvalue weighted by molar-refractivity contribution is -0.157. The number of carboxylic acids is 1. The van der Waals surface area contributed by atoms with Crippen LogP contribution in [0.2, 0.25) is 0 Å². The molecular weight excluding hydrogens is 204 g/mol. The van der Waals surface area contributed by atoms with Gasteiger partial charge in [0.05, 0.1) is 5.41 Å². The second kappa shape index (κ2) is 4.22. The molecule has 2 rings (SSSR count). The van der Waals surface area contributed by atoms with Crippen molar-refractivity contribution >= 4 is 5.97 Å². The van der Waals surface area contributed by atoms with E-state index in [2.05, 4.69) is 10.3 Å². The number of nitrogens with one attached hydrogen (secondary N) is 1. The van der Waals surface area contributed by atoms with Crippen LogP contribution in [0, 0.1) is 5.41 Å². The molecule has 16 heavy (non-hydrogen) atoms. The highest BCUT2D eigenvalue weighted by molar-refractivity contribution is 5.77. The van der Waals surface area contributed by atoms with Crippen LogP contribution in [-0.2, 0) is 4.79 Å². The second-order valence-corrected chi connectivity index (χ2v) is 4.32. The van der Waals surface area contributed by atoms with Crippen molar-refractivity contribution in [2.75, 3.05) is 7.05 Å². The number of nitrogens with zero attached hydrogens (tertiary/aromatic N) is 1. The lowest BCUT2D eigenvalue weighted by Gasteiger charge is -2.44. The molecule has 1 unspecified atom stereocenters. The van der Waals surface area contributed by atoms with Gasteiger partial charge in [-0.3, -0.25) is 9.78 Å². The zero-order valence-corrected chi connectivity index (χ0v) is 9.31. The Morgan fingerprint density at radius 1 is 1.62 bits per heavy atom. The predicted octanol–water partition coefficient (Wildman–Crippen LogP) is 1.60. The van der Waals surface area contributed by atoms with Gasteiger partial charge < -0.3 is 10.4 Å². The van der Waals surface area contributed by atoms with Crippen molar-refractivity contribution in [3.63, 3.8) is 0 Å². The number of pyridine rings is 1. The minimum Gasteiger partial charge on any atom is -0.481 e. The summed E-state index contributed by atoms with van der Waals surface area (Å²) in [6, 6.07) is 3.62. The fraction of sp³-hybridized carbons (Fsp3) is 0.500. The van der Waals surface area contributed by atoms with E-state index < -0.39 is 11.4 Å². The van der Waals surface area contributed by atoms with Crippen LogP contribution in [0.4, 0.5) is 0 Å². The van der Waals surface area contributed by atoms with E-state index >= 15 is 0 Å². The molecule has 0 amide bonds. The van der Waals surface area contributed by atoms with Gasteiger partial charge in [0.2, 0.25) is 0 Å². The van der Waals surface area contributed by atoms with Gasteiger partial charge >= 0.3 is 5.97 Å². The molecule has 1 atom stereocenters. The lowest BCUT2D eigenvalue weighted by atomic mass is 9.62. The highest BCUT2D eigenvalue weighted by Crippen LogP contribution is 2.50. The summed E-state index contributed by atoms with van der Waals surface area (Å²) < 4.78 is 0. The van der Waals surface area contributed by atoms with Crippen LogP contribution in [0.15, 0.2) is 24.5 Å². The van der Waals surface area contributed by atoms with E-state index in [1.54, 1.807) is 19.4 Å². The lowest BCUT2D eigenvalue weighted by Crippen LogP contribution is -2.47. The van der Waals surface area contributed by atoms with Gasteiger partial charge in [0.25, 0.3) is 0 Å². The molecule has 4 heteroatoms. The van der Waals surface area contributed by atoms with Gasteiger partial charge in [-0.25, -0.2) is 0 Å². The molecule has 4 nitrogen and oxygen atoms in total. The van der Waals surface area contributed by atoms with Crippen molar-refractivity contribution in [2.45, 2.75) is 25.3 Å². The van der Waals surface area contributed by atoms with Crippen LogP contribution in [0.25, 0.3) is 0 Å². The highest BCUT2D eigenvalue weighted by Gasteiger charge is 2.50. The Kier molecular flexibility index (Phi) is 2.92. The summed E-state index contributed by atoms with van der Waals surface area (Å²) in [5.74, 6) is -0.707. The zero-order chi connectivity index (χ0) is 11.6. The minimum atomic E-state index is -0.707. The molecule has 1 fully saturated rings. The van der Waals surface area contributed by atoms with Crippen molar-refractivity contribution in [3.8, 4) is 0 Å². The van der Waals surface area contributed by atoms with Gasteiger partial charge in [-0.1, -0.05) is 12.5 Å². The van der Waals surface area contributed by atoms with Gasteiger partial charge in [-0.05, 0) is 31.5 Å². The van der Waals surface area contributed by atoms with E-state index in [0.717, 1.165) is 24.8 Å². The molecule has 0 spiro atoms. The molecule has 1 heterocycles. The van der Waals surface area contributed by atoms with Gasteiger partial charge in [0, 0.05) is 18.4 Å². The van der Waals surface area contributed by atoms with Crippen LogP contribution in [0.5, 0.6) is 0 Å². The first-order valence-corrected chi connectivity index (χ1v) is 5.51. The first-order chi connectivity index (χ1) is 7.70. The summed E-state index contributed by atoms with van der Waals surface area (Å²) in [6.45, 7) is 0. The van der Waals surface area contributed by atoms with Gasteiger partial charge in [-0.2, -0.15) is 0 Å². The van der Waals surface area contributed by atoms with Crippen molar-refractivity contribution in [3.05, 3.63) is 30.1 Å². The minimum absolute atomic E-state index is 0.146. The standard InChI is InChI=1S/C12H16N2O2/c1-13-10(9-4-2-7-14-8-9)12(11(15)16)5-3-6-12/h2,4,7-8,10,13H,3,5-6H2,1H3,(H,15,16). The molecule has 0 saturated heterocycles. The topological polar surface area (TPSA) is 62.2 Å². The number of hydrogen-bond donors (Lipinski definition) is 2. The van der Waals surface area contributed by atoms with Crippen molar-refractivity contribution in [1.82, 2.24) is 10.3 Å². The number of carboxylic acid groups (broad SMARTS) is 1. The number of rotatable bonds is 4. The molecule has 0 radical (unpaired) electrons. The molecule has 1 aromatic rings. The fourth-order valence-corrected chi connectivity index (χ4v) is 2.49. The highest BCUT2D eigenvalue weighted by atomic mass is 16.4. The Morgan fingerprint density at radius 3 is 2.75 bits per heavy atom. The summed E-state index contributed by atoms with van der Waals surface area (Å²) in [7, 11) is 1.81. The van der Waals surface area contributed by atoms with Crippen LogP contribution in [-0.4, -0.2) is 23.1 Å². The quantitative estimate of drug-likeness (QED) is 0.809. The number of carbonyl (C=O) groups is 1. The molecule has 1 saturated carbocycles. The average Bonchev–Trinajstić information content (AvgIpc) is 2.23. The molecule has 0 bridgehead atoms. The Bertz CT molecular complexity index is 374.